The molecule has 4 nitrogen and oxygen atoms in total. The fourth-order valence-electron chi connectivity index (χ4n) is 3.29. The number of ether oxygens (including phenoxy) is 1. The smallest absolute Gasteiger partial charge is 0.224 e. The number of carbonyl (C=O) groups excluding carboxylic acids is 1. The van der Waals surface area contributed by atoms with Crippen molar-refractivity contribution < 1.29 is 9.53 Å². The summed E-state index contributed by atoms with van der Waals surface area (Å²) in [5.74, 6) is 1.44. The second-order valence-corrected chi connectivity index (χ2v) is 5.42. The third kappa shape index (κ3) is 1.82. The van der Waals surface area contributed by atoms with Gasteiger partial charge in [0.2, 0.25) is 5.91 Å². The lowest BCUT2D eigenvalue weighted by molar-refractivity contribution is -0.116. The Labute approximate surface area is 113 Å². The second-order valence-electron chi connectivity index (χ2n) is 5.42. The number of hydrogen-bond donors (Lipinski definition) is 2. The van der Waals surface area contributed by atoms with Crippen LogP contribution in [0.1, 0.15) is 42.4 Å². The number of carbonyl (C=O) groups is 1. The first-order valence-electron chi connectivity index (χ1n) is 6.98. The molecule has 0 fully saturated rings. The molecule has 2 aliphatic rings. The van der Waals surface area contributed by atoms with Crippen LogP contribution in [-0.4, -0.2) is 18.6 Å². The first-order valence-corrected chi connectivity index (χ1v) is 6.98. The van der Waals surface area contributed by atoms with E-state index in [2.05, 4.69) is 18.3 Å². The number of fused-ring (bicyclic) bond motifs is 3. The average molecular weight is 260 g/mol. The highest BCUT2D eigenvalue weighted by Crippen LogP contribution is 2.47. The van der Waals surface area contributed by atoms with Crippen LogP contribution in [0.4, 0.5) is 5.69 Å². The summed E-state index contributed by atoms with van der Waals surface area (Å²) in [7, 11) is 0. The van der Waals surface area contributed by atoms with Crippen LogP contribution < -0.4 is 15.8 Å². The molecule has 2 atom stereocenters. The van der Waals surface area contributed by atoms with Crippen LogP contribution in [0.5, 0.6) is 5.75 Å². The fraction of sp³-hybridized carbons (Fsp3) is 0.533. The quantitative estimate of drug-likeness (QED) is 0.855. The number of hydrogen-bond acceptors (Lipinski definition) is 3. The summed E-state index contributed by atoms with van der Waals surface area (Å²) in [6, 6.07) is 2.16. The molecule has 4 heteroatoms. The van der Waals surface area contributed by atoms with Gasteiger partial charge in [0.15, 0.2) is 0 Å². The summed E-state index contributed by atoms with van der Waals surface area (Å²) in [6.45, 7) is 4.75. The van der Waals surface area contributed by atoms with Crippen LogP contribution in [-0.2, 0) is 11.2 Å². The van der Waals surface area contributed by atoms with Crippen molar-refractivity contribution >= 4 is 11.6 Å². The number of benzene rings is 1. The number of aryl methyl sites for hydroxylation is 1. The van der Waals surface area contributed by atoms with E-state index in [1.807, 2.05) is 6.92 Å². The van der Waals surface area contributed by atoms with Gasteiger partial charge in [-0.25, -0.2) is 0 Å². The minimum Gasteiger partial charge on any atom is -0.488 e. The Bertz CT molecular complexity index is 539. The van der Waals surface area contributed by atoms with Gasteiger partial charge in [-0.15, -0.1) is 0 Å². The van der Waals surface area contributed by atoms with Gasteiger partial charge in [-0.05, 0) is 31.4 Å². The molecule has 1 aromatic carbocycles. The molecule has 1 aromatic rings. The zero-order chi connectivity index (χ0) is 13.6. The molecule has 2 aliphatic heterocycles. The van der Waals surface area contributed by atoms with Crippen molar-refractivity contribution in [3.05, 3.63) is 22.8 Å². The summed E-state index contributed by atoms with van der Waals surface area (Å²) < 4.78 is 6.07. The maximum absolute atomic E-state index is 11.5. The molecule has 2 heterocycles. The fourth-order valence-corrected chi connectivity index (χ4v) is 3.29. The van der Waals surface area contributed by atoms with Gasteiger partial charge >= 0.3 is 0 Å². The molecule has 0 spiro atoms. The Hall–Kier alpha value is -1.55. The maximum Gasteiger partial charge on any atom is 0.224 e. The normalized spacial score (nSPS) is 24.5. The first-order chi connectivity index (χ1) is 9.15. The Balaban J connectivity index is 2.12. The van der Waals surface area contributed by atoms with Crippen molar-refractivity contribution in [2.75, 3.05) is 11.9 Å². The molecule has 0 bridgehead atoms. The third-order valence-corrected chi connectivity index (χ3v) is 4.26. The Morgan fingerprint density at radius 3 is 2.95 bits per heavy atom. The van der Waals surface area contributed by atoms with Gasteiger partial charge in [0.25, 0.3) is 0 Å². The predicted octanol–water partition coefficient (Wildman–Crippen LogP) is 2.09. The summed E-state index contributed by atoms with van der Waals surface area (Å²) in [5.41, 5.74) is 10.3. The van der Waals surface area contributed by atoms with Crippen molar-refractivity contribution in [2.45, 2.75) is 45.1 Å². The Morgan fingerprint density at radius 2 is 2.26 bits per heavy atom. The van der Waals surface area contributed by atoms with Crippen molar-refractivity contribution in [3.8, 4) is 5.75 Å². The molecule has 1 amide bonds. The first kappa shape index (κ1) is 12.5. The van der Waals surface area contributed by atoms with Crippen molar-refractivity contribution in [3.63, 3.8) is 0 Å². The van der Waals surface area contributed by atoms with Crippen LogP contribution in [0, 0.1) is 6.92 Å². The van der Waals surface area contributed by atoms with Gasteiger partial charge in [-0.3, -0.25) is 4.79 Å². The minimum absolute atomic E-state index is 0.0727. The van der Waals surface area contributed by atoms with E-state index in [4.69, 9.17) is 10.5 Å². The molecule has 3 rings (SSSR count). The SMILES string of the molecule is CCC1c2cc(C)c3c(c2OC1CN)CCC(=O)N3. The number of amides is 1. The standard InChI is InChI=1S/C15H20N2O2/c1-3-9-11-6-8(2)14-10(4-5-13(18)17-14)15(11)19-12(9)7-16/h6,9,12H,3-5,7,16H2,1-2H3,(H,17,18). The van der Waals surface area contributed by atoms with Crippen LogP contribution >= 0.6 is 0 Å². The summed E-state index contributed by atoms with van der Waals surface area (Å²) in [4.78, 5) is 11.5. The van der Waals surface area contributed by atoms with E-state index in [0.29, 0.717) is 18.9 Å². The lowest BCUT2D eigenvalue weighted by atomic mass is 9.88. The van der Waals surface area contributed by atoms with Crippen molar-refractivity contribution in [2.24, 2.45) is 5.73 Å². The van der Waals surface area contributed by atoms with Gasteiger partial charge < -0.3 is 15.8 Å². The zero-order valence-electron chi connectivity index (χ0n) is 11.5. The largest absolute Gasteiger partial charge is 0.488 e. The average Bonchev–Trinajstić information content (AvgIpc) is 2.76. The molecule has 3 N–H and O–H groups in total. The van der Waals surface area contributed by atoms with Crippen LogP contribution in [0.3, 0.4) is 0 Å². The number of rotatable bonds is 2. The Kier molecular flexibility index (Phi) is 2.97. The molecular weight excluding hydrogens is 240 g/mol. The molecule has 2 unspecified atom stereocenters. The molecule has 0 saturated carbocycles. The van der Waals surface area contributed by atoms with E-state index in [9.17, 15) is 4.79 Å². The zero-order valence-corrected chi connectivity index (χ0v) is 11.5. The lowest BCUT2D eigenvalue weighted by Crippen LogP contribution is -2.28. The van der Waals surface area contributed by atoms with E-state index >= 15 is 0 Å². The number of nitrogens with two attached hydrogens (primary N) is 1. The third-order valence-electron chi connectivity index (χ3n) is 4.26. The Morgan fingerprint density at radius 1 is 1.47 bits per heavy atom. The highest BCUT2D eigenvalue weighted by molar-refractivity contribution is 5.95. The summed E-state index contributed by atoms with van der Waals surface area (Å²) in [6.07, 6.45) is 2.40. The van der Waals surface area contributed by atoms with Crippen molar-refractivity contribution in [1.82, 2.24) is 0 Å². The number of anilines is 1. The minimum atomic E-state index is 0.0727. The maximum atomic E-state index is 11.5. The molecular formula is C15H20N2O2. The van der Waals surface area contributed by atoms with E-state index in [0.717, 1.165) is 35.4 Å². The van der Waals surface area contributed by atoms with E-state index in [1.54, 1.807) is 0 Å². The van der Waals surface area contributed by atoms with Gasteiger partial charge in [0, 0.05) is 30.0 Å². The number of nitrogens with one attached hydrogen (secondary N) is 1. The molecule has 19 heavy (non-hydrogen) atoms. The van der Waals surface area contributed by atoms with Crippen LogP contribution in [0.15, 0.2) is 6.07 Å². The van der Waals surface area contributed by atoms with Gasteiger partial charge in [-0.1, -0.05) is 6.92 Å². The lowest BCUT2D eigenvalue weighted by Gasteiger charge is -2.21. The molecule has 102 valence electrons. The van der Waals surface area contributed by atoms with E-state index < -0.39 is 0 Å². The highest BCUT2D eigenvalue weighted by atomic mass is 16.5. The predicted molar refractivity (Wildman–Crippen MR) is 74.6 cm³/mol. The van der Waals surface area contributed by atoms with Gasteiger partial charge in [0.1, 0.15) is 11.9 Å². The van der Waals surface area contributed by atoms with E-state index in [1.165, 1.54) is 5.56 Å². The summed E-state index contributed by atoms with van der Waals surface area (Å²) >= 11 is 0. The summed E-state index contributed by atoms with van der Waals surface area (Å²) in [5, 5.41) is 2.97. The topological polar surface area (TPSA) is 64.3 Å². The van der Waals surface area contributed by atoms with E-state index in [-0.39, 0.29) is 12.0 Å². The molecule has 0 saturated heterocycles. The van der Waals surface area contributed by atoms with Gasteiger partial charge in [0.05, 0.1) is 5.69 Å². The second kappa shape index (κ2) is 4.53. The van der Waals surface area contributed by atoms with Crippen LogP contribution in [0.25, 0.3) is 0 Å². The van der Waals surface area contributed by atoms with Gasteiger partial charge in [-0.2, -0.15) is 0 Å². The monoisotopic (exact) mass is 260 g/mol. The highest BCUT2D eigenvalue weighted by Gasteiger charge is 2.36. The van der Waals surface area contributed by atoms with Crippen molar-refractivity contribution in [1.29, 1.82) is 0 Å². The van der Waals surface area contributed by atoms with Crippen LogP contribution in [0.2, 0.25) is 0 Å². The molecule has 0 aliphatic carbocycles. The molecule has 0 radical (unpaired) electrons. The molecule has 0 aromatic heterocycles.